The lowest BCUT2D eigenvalue weighted by Crippen LogP contribution is -2.19. The molecule has 11 heavy (non-hydrogen) atoms. The Bertz CT molecular complexity index is 106. The van der Waals surface area contributed by atoms with E-state index in [0.29, 0.717) is 13.2 Å². The molecular weight excluding hydrogens is 146 g/mol. The van der Waals surface area contributed by atoms with Gasteiger partial charge < -0.3 is 15.2 Å². The fourth-order valence-electron chi connectivity index (χ4n) is 0.583. The summed E-state index contributed by atoms with van der Waals surface area (Å²) in [4.78, 5) is 9.99. The van der Waals surface area contributed by atoms with Crippen LogP contribution in [0.5, 0.6) is 0 Å². The van der Waals surface area contributed by atoms with Gasteiger partial charge in [-0.25, -0.2) is 0 Å². The van der Waals surface area contributed by atoms with Crippen LogP contribution in [-0.4, -0.2) is 37.4 Å². The third kappa shape index (κ3) is 9.39. The largest absolute Gasteiger partial charge is 0.481 e. The van der Waals surface area contributed by atoms with Gasteiger partial charge in [0.2, 0.25) is 0 Å². The number of carboxylic acids is 1. The van der Waals surface area contributed by atoms with Gasteiger partial charge in [-0.3, -0.25) is 4.79 Å². The number of ether oxygens (including phenoxy) is 1. The molecule has 0 aliphatic carbocycles. The minimum atomic E-state index is -0.812. The van der Waals surface area contributed by atoms with Crippen LogP contribution < -0.4 is 5.32 Å². The highest BCUT2D eigenvalue weighted by Gasteiger charge is 1.94. The van der Waals surface area contributed by atoms with Crippen LogP contribution in [0.15, 0.2) is 0 Å². The zero-order valence-corrected chi connectivity index (χ0v) is 6.80. The van der Waals surface area contributed by atoms with Gasteiger partial charge in [0, 0.05) is 6.54 Å². The first kappa shape index (κ1) is 10.4. The number of carbonyl (C=O) groups is 1. The van der Waals surface area contributed by atoms with Crippen LogP contribution >= 0.6 is 0 Å². The minimum absolute atomic E-state index is 0.0894. The Morgan fingerprint density at radius 3 is 2.82 bits per heavy atom. The molecule has 0 radical (unpaired) electrons. The lowest BCUT2D eigenvalue weighted by Gasteiger charge is -2.01. The summed E-state index contributed by atoms with van der Waals surface area (Å²) < 4.78 is 5.00. The lowest BCUT2D eigenvalue weighted by atomic mass is 10.5. The molecule has 4 nitrogen and oxygen atoms in total. The average molecular weight is 161 g/mol. The second-order valence-electron chi connectivity index (χ2n) is 2.11. The van der Waals surface area contributed by atoms with E-state index in [4.69, 9.17) is 9.84 Å². The first-order valence-corrected chi connectivity index (χ1v) is 3.77. The number of aliphatic carboxylic acids is 1. The quantitative estimate of drug-likeness (QED) is 0.519. The highest BCUT2D eigenvalue weighted by atomic mass is 16.5. The molecule has 0 spiro atoms. The summed E-state index contributed by atoms with van der Waals surface area (Å²) in [5.74, 6) is -0.812. The van der Waals surface area contributed by atoms with E-state index < -0.39 is 5.97 Å². The van der Waals surface area contributed by atoms with Crippen LogP contribution in [-0.2, 0) is 9.53 Å². The fourth-order valence-corrected chi connectivity index (χ4v) is 0.583. The molecule has 0 aliphatic rings. The standard InChI is InChI=1S/C7H15NO3/c1-2-8-4-6-11-5-3-7(9)10/h8H,2-6H2,1H3,(H,9,10). The van der Waals surface area contributed by atoms with Crippen molar-refractivity contribution in [3.05, 3.63) is 0 Å². The molecule has 0 aliphatic heterocycles. The molecule has 2 N–H and O–H groups in total. The highest BCUT2D eigenvalue weighted by Crippen LogP contribution is 1.80. The Labute approximate surface area is 66.5 Å². The molecule has 0 aromatic rings. The maximum atomic E-state index is 9.99. The van der Waals surface area contributed by atoms with Gasteiger partial charge in [0.15, 0.2) is 0 Å². The Morgan fingerprint density at radius 2 is 2.27 bits per heavy atom. The normalized spacial score (nSPS) is 9.91. The Balaban J connectivity index is 2.85. The number of likely N-dealkylation sites (N-methyl/N-ethyl adjacent to an activating group) is 1. The van der Waals surface area contributed by atoms with Gasteiger partial charge in [-0.2, -0.15) is 0 Å². The summed E-state index contributed by atoms with van der Waals surface area (Å²) >= 11 is 0. The van der Waals surface area contributed by atoms with E-state index in [1.165, 1.54) is 0 Å². The maximum absolute atomic E-state index is 9.99. The lowest BCUT2D eigenvalue weighted by molar-refractivity contribution is -0.138. The maximum Gasteiger partial charge on any atom is 0.305 e. The summed E-state index contributed by atoms with van der Waals surface area (Å²) in [5, 5.41) is 11.3. The van der Waals surface area contributed by atoms with Crippen molar-refractivity contribution in [2.45, 2.75) is 13.3 Å². The molecule has 0 aromatic carbocycles. The van der Waals surface area contributed by atoms with E-state index in [2.05, 4.69) is 5.32 Å². The smallest absolute Gasteiger partial charge is 0.305 e. The van der Waals surface area contributed by atoms with E-state index in [1.54, 1.807) is 0 Å². The van der Waals surface area contributed by atoms with Gasteiger partial charge in [-0.05, 0) is 6.54 Å². The predicted molar refractivity (Wildman–Crippen MR) is 41.6 cm³/mol. The van der Waals surface area contributed by atoms with Crippen molar-refractivity contribution in [3.8, 4) is 0 Å². The number of rotatable bonds is 7. The summed E-state index contributed by atoms with van der Waals surface area (Å²) in [5.41, 5.74) is 0. The van der Waals surface area contributed by atoms with Gasteiger partial charge in [0.05, 0.1) is 19.6 Å². The molecule has 4 heteroatoms. The predicted octanol–water partition coefficient (Wildman–Crippen LogP) is 0.0872. The van der Waals surface area contributed by atoms with Crippen LogP contribution in [0.3, 0.4) is 0 Å². The highest BCUT2D eigenvalue weighted by molar-refractivity contribution is 5.66. The van der Waals surface area contributed by atoms with E-state index in [-0.39, 0.29) is 6.42 Å². The van der Waals surface area contributed by atoms with Crippen LogP contribution in [0.25, 0.3) is 0 Å². The minimum Gasteiger partial charge on any atom is -0.481 e. The van der Waals surface area contributed by atoms with Gasteiger partial charge in [0.25, 0.3) is 0 Å². The molecule has 0 atom stereocenters. The SMILES string of the molecule is CCNCCOCCC(=O)O. The third-order valence-electron chi connectivity index (χ3n) is 1.13. The van der Waals surface area contributed by atoms with Crippen molar-refractivity contribution >= 4 is 5.97 Å². The van der Waals surface area contributed by atoms with E-state index in [0.717, 1.165) is 13.1 Å². The van der Waals surface area contributed by atoms with Crippen molar-refractivity contribution in [1.82, 2.24) is 5.32 Å². The second kappa shape index (κ2) is 7.50. The molecule has 0 amide bonds. The van der Waals surface area contributed by atoms with E-state index in [1.807, 2.05) is 6.92 Å². The molecule has 0 fully saturated rings. The summed E-state index contributed by atoms with van der Waals surface area (Å²) in [6.45, 7) is 4.61. The Morgan fingerprint density at radius 1 is 1.55 bits per heavy atom. The molecule has 0 unspecified atom stereocenters. The second-order valence-corrected chi connectivity index (χ2v) is 2.11. The van der Waals surface area contributed by atoms with Gasteiger partial charge in [-0.1, -0.05) is 6.92 Å². The number of carboxylic acid groups (broad SMARTS) is 1. The first-order valence-electron chi connectivity index (χ1n) is 3.77. The zero-order chi connectivity index (χ0) is 8.53. The van der Waals surface area contributed by atoms with Crippen LogP contribution in [0.4, 0.5) is 0 Å². The Kier molecular flexibility index (Phi) is 7.08. The van der Waals surface area contributed by atoms with Crippen LogP contribution in [0, 0.1) is 0 Å². The first-order chi connectivity index (χ1) is 5.27. The average Bonchev–Trinajstić information content (AvgIpc) is 1.96. The monoisotopic (exact) mass is 161 g/mol. The van der Waals surface area contributed by atoms with Crippen LogP contribution in [0.2, 0.25) is 0 Å². The van der Waals surface area contributed by atoms with Gasteiger partial charge in [0.1, 0.15) is 0 Å². The van der Waals surface area contributed by atoms with E-state index >= 15 is 0 Å². The number of hydrogen-bond acceptors (Lipinski definition) is 3. The molecule has 0 saturated carbocycles. The van der Waals surface area contributed by atoms with Crippen molar-refractivity contribution in [2.75, 3.05) is 26.3 Å². The summed E-state index contributed by atoms with van der Waals surface area (Å²) in [6, 6.07) is 0. The van der Waals surface area contributed by atoms with E-state index in [9.17, 15) is 4.79 Å². The van der Waals surface area contributed by atoms with Gasteiger partial charge in [-0.15, -0.1) is 0 Å². The third-order valence-corrected chi connectivity index (χ3v) is 1.13. The molecular formula is C7H15NO3. The number of hydrogen-bond donors (Lipinski definition) is 2. The molecule has 0 heterocycles. The molecule has 66 valence electrons. The molecule has 0 rings (SSSR count). The van der Waals surface area contributed by atoms with Crippen molar-refractivity contribution < 1.29 is 14.6 Å². The summed E-state index contributed by atoms with van der Waals surface area (Å²) in [6.07, 6.45) is 0.0894. The Hall–Kier alpha value is -0.610. The molecule has 0 saturated heterocycles. The fraction of sp³-hybridized carbons (Fsp3) is 0.857. The topological polar surface area (TPSA) is 58.6 Å². The van der Waals surface area contributed by atoms with Crippen LogP contribution in [0.1, 0.15) is 13.3 Å². The van der Waals surface area contributed by atoms with Crippen molar-refractivity contribution in [3.63, 3.8) is 0 Å². The molecule has 0 bridgehead atoms. The number of nitrogens with one attached hydrogen (secondary N) is 1. The summed E-state index contributed by atoms with van der Waals surface area (Å²) in [7, 11) is 0. The van der Waals surface area contributed by atoms with Gasteiger partial charge >= 0.3 is 5.97 Å². The zero-order valence-electron chi connectivity index (χ0n) is 6.80. The molecule has 0 aromatic heterocycles. The van der Waals surface area contributed by atoms with Crippen molar-refractivity contribution in [1.29, 1.82) is 0 Å². The van der Waals surface area contributed by atoms with Crippen molar-refractivity contribution in [2.24, 2.45) is 0 Å².